The minimum Gasteiger partial charge on any atom is -0.341 e. The smallest absolute Gasteiger partial charge is 0.237 e. The number of hydrogen-bond acceptors (Lipinski definition) is 6. The van der Waals surface area contributed by atoms with E-state index < -0.39 is 0 Å². The standard InChI is InChI=1S/C19H24N8/c1-4-15-18-24-23-13(3)26(18)16-11-21-19(25-10-9-20-12(25)2)22-17(16)27(15)14-7-5-6-8-14/h9-11,14-15H,4-8H2,1-3H3. The SMILES string of the molecule is CCC1c2nnc(C)n2-c2cnc(-n3ccnc3C)nc2N1C1CCCC1. The maximum Gasteiger partial charge on any atom is 0.237 e. The maximum atomic E-state index is 5.02. The molecule has 1 saturated carbocycles. The van der Waals surface area contributed by atoms with Crippen LogP contribution in [0.25, 0.3) is 11.6 Å². The Morgan fingerprint density at radius 1 is 1.07 bits per heavy atom. The second-order valence-corrected chi connectivity index (χ2v) is 7.43. The number of fused-ring (bicyclic) bond motifs is 3. The lowest BCUT2D eigenvalue weighted by atomic mass is 10.0. The van der Waals surface area contributed by atoms with Crippen molar-refractivity contribution >= 4 is 5.82 Å². The van der Waals surface area contributed by atoms with Crippen LogP contribution in [0.2, 0.25) is 0 Å². The van der Waals surface area contributed by atoms with Crippen LogP contribution >= 0.6 is 0 Å². The van der Waals surface area contributed by atoms with Crippen LogP contribution in [0, 0.1) is 13.8 Å². The lowest BCUT2D eigenvalue weighted by molar-refractivity contribution is 0.467. The molecule has 4 heterocycles. The Labute approximate surface area is 158 Å². The summed E-state index contributed by atoms with van der Waals surface area (Å²) in [5.41, 5.74) is 0.977. The van der Waals surface area contributed by atoms with Gasteiger partial charge >= 0.3 is 0 Å². The van der Waals surface area contributed by atoms with Crippen LogP contribution in [0.5, 0.6) is 0 Å². The molecule has 1 atom stereocenters. The first-order valence-electron chi connectivity index (χ1n) is 9.77. The van der Waals surface area contributed by atoms with E-state index in [2.05, 4.69) is 36.6 Å². The molecule has 2 aliphatic rings. The number of hydrogen-bond donors (Lipinski definition) is 0. The molecule has 27 heavy (non-hydrogen) atoms. The molecule has 5 rings (SSSR count). The molecule has 3 aromatic heterocycles. The van der Waals surface area contributed by atoms with E-state index in [1.54, 1.807) is 6.20 Å². The van der Waals surface area contributed by atoms with Gasteiger partial charge in [-0.2, -0.15) is 4.98 Å². The van der Waals surface area contributed by atoms with E-state index in [1.807, 2.05) is 30.8 Å². The van der Waals surface area contributed by atoms with Crippen LogP contribution in [-0.4, -0.2) is 40.3 Å². The highest BCUT2D eigenvalue weighted by molar-refractivity contribution is 5.63. The molecule has 0 amide bonds. The van der Waals surface area contributed by atoms with Crippen LogP contribution in [-0.2, 0) is 0 Å². The summed E-state index contributed by atoms with van der Waals surface area (Å²) < 4.78 is 4.06. The van der Waals surface area contributed by atoms with Gasteiger partial charge in [-0.1, -0.05) is 19.8 Å². The fraction of sp³-hybridized carbons (Fsp3) is 0.526. The number of rotatable bonds is 3. The van der Waals surface area contributed by atoms with Crippen molar-refractivity contribution in [1.29, 1.82) is 0 Å². The van der Waals surface area contributed by atoms with Gasteiger partial charge in [0.15, 0.2) is 11.6 Å². The number of imidazole rings is 1. The zero-order valence-electron chi connectivity index (χ0n) is 16.0. The summed E-state index contributed by atoms with van der Waals surface area (Å²) in [5, 5.41) is 8.87. The highest BCUT2D eigenvalue weighted by atomic mass is 15.4. The van der Waals surface area contributed by atoms with Gasteiger partial charge in [0.2, 0.25) is 5.95 Å². The summed E-state index contributed by atoms with van der Waals surface area (Å²) >= 11 is 0. The monoisotopic (exact) mass is 364 g/mol. The molecule has 1 aliphatic heterocycles. The summed E-state index contributed by atoms with van der Waals surface area (Å²) in [7, 11) is 0. The lowest BCUT2D eigenvalue weighted by Gasteiger charge is -2.41. The Morgan fingerprint density at radius 2 is 1.89 bits per heavy atom. The van der Waals surface area contributed by atoms with E-state index in [1.165, 1.54) is 25.7 Å². The van der Waals surface area contributed by atoms with Gasteiger partial charge < -0.3 is 4.90 Å². The highest BCUT2D eigenvalue weighted by Gasteiger charge is 2.39. The molecule has 1 unspecified atom stereocenters. The van der Waals surface area contributed by atoms with E-state index in [0.717, 1.165) is 35.4 Å². The molecule has 0 bridgehead atoms. The van der Waals surface area contributed by atoms with Crippen molar-refractivity contribution in [3.05, 3.63) is 36.1 Å². The van der Waals surface area contributed by atoms with Crippen molar-refractivity contribution in [2.45, 2.75) is 65.0 Å². The van der Waals surface area contributed by atoms with E-state index >= 15 is 0 Å². The number of anilines is 1. The molecule has 1 aliphatic carbocycles. The molecule has 8 nitrogen and oxygen atoms in total. The van der Waals surface area contributed by atoms with Crippen LogP contribution in [0.1, 0.15) is 62.5 Å². The molecule has 0 saturated heterocycles. The highest BCUT2D eigenvalue weighted by Crippen LogP contribution is 2.43. The minimum atomic E-state index is 0.188. The van der Waals surface area contributed by atoms with Gasteiger partial charge in [0, 0.05) is 18.4 Å². The lowest BCUT2D eigenvalue weighted by Crippen LogP contribution is -2.42. The molecular formula is C19H24N8. The van der Waals surface area contributed by atoms with Crippen LogP contribution in [0.15, 0.2) is 18.6 Å². The average molecular weight is 364 g/mol. The second kappa shape index (κ2) is 6.14. The molecule has 8 heteroatoms. The zero-order valence-corrected chi connectivity index (χ0v) is 16.0. The molecular weight excluding hydrogens is 340 g/mol. The van der Waals surface area contributed by atoms with Crippen LogP contribution < -0.4 is 4.90 Å². The Balaban J connectivity index is 1.73. The first-order valence-corrected chi connectivity index (χ1v) is 9.77. The summed E-state index contributed by atoms with van der Waals surface area (Å²) in [6, 6.07) is 0.680. The van der Waals surface area contributed by atoms with Gasteiger partial charge in [-0.25, -0.2) is 9.97 Å². The topological polar surface area (TPSA) is 77.5 Å². The molecule has 0 spiro atoms. The largest absolute Gasteiger partial charge is 0.341 e. The van der Waals surface area contributed by atoms with E-state index in [0.29, 0.717) is 12.0 Å². The minimum absolute atomic E-state index is 0.188. The number of aryl methyl sites for hydroxylation is 2. The molecule has 3 aromatic rings. The van der Waals surface area contributed by atoms with Crippen molar-refractivity contribution in [3.8, 4) is 11.6 Å². The Bertz CT molecular complexity index is 982. The van der Waals surface area contributed by atoms with Crippen LogP contribution in [0.4, 0.5) is 5.82 Å². The Kier molecular flexibility index (Phi) is 3.73. The third kappa shape index (κ3) is 2.39. The van der Waals surface area contributed by atoms with Gasteiger partial charge in [-0.15, -0.1) is 10.2 Å². The fourth-order valence-electron chi connectivity index (χ4n) is 4.56. The summed E-state index contributed by atoms with van der Waals surface area (Å²) in [5.74, 6) is 4.42. The average Bonchev–Trinajstić information content (AvgIpc) is 3.42. The van der Waals surface area contributed by atoms with E-state index in [9.17, 15) is 0 Å². The molecule has 0 radical (unpaired) electrons. The normalized spacial score (nSPS) is 19.4. The van der Waals surface area contributed by atoms with Gasteiger partial charge in [0.1, 0.15) is 17.3 Å². The van der Waals surface area contributed by atoms with Crippen molar-refractivity contribution in [2.75, 3.05) is 4.90 Å². The molecule has 140 valence electrons. The molecule has 0 aromatic carbocycles. The summed E-state index contributed by atoms with van der Waals surface area (Å²) in [4.78, 5) is 16.5. The summed E-state index contributed by atoms with van der Waals surface area (Å²) in [6.07, 6.45) is 11.5. The van der Waals surface area contributed by atoms with Gasteiger partial charge in [-0.05, 0) is 33.1 Å². The molecule has 0 N–H and O–H groups in total. The third-order valence-corrected chi connectivity index (χ3v) is 5.85. The van der Waals surface area contributed by atoms with Crippen LogP contribution in [0.3, 0.4) is 0 Å². The van der Waals surface area contributed by atoms with Gasteiger partial charge in [-0.3, -0.25) is 9.13 Å². The summed E-state index contributed by atoms with van der Waals surface area (Å²) in [6.45, 7) is 6.18. The first-order chi connectivity index (χ1) is 13.2. The Hall–Kier alpha value is -2.77. The van der Waals surface area contributed by atoms with Gasteiger partial charge in [0.25, 0.3) is 0 Å². The third-order valence-electron chi connectivity index (χ3n) is 5.85. The Morgan fingerprint density at radius 3 is 2.59 bits per heavy atom. The van der Waals surface area contributed by atoms with Gasteiger partial charge in [0.05, 0.1) is 12.2 Å². The van der Waals surface area contributed by atoms with Crippen molar-refractivity contribution in [3.63, 3.8) is 0 Å². The quantitative estimate of drug-likeness (QED) is 0.711. The van der Waals surface area contributed by atoms with E-state index in [-0.39, 0.29) is 6.04 Å². The van der Waals surface area contributed by atoms with Crippen molar-refractivity contribution in [2.24, 2.45) is 0 Å². The van der Waals surface area contributed by atoms with E-state index in [4.69, 9.17) is 4.98 Å². The van der Waals surface area contributed by atoms with Crippen molar-refractivity contribution < 1.29 is 0 Å². The van der Waals surface area contributed by atoms with Crippen molar-refractivity contribution in [1.82, 2.24) is 34.3 Å². The second-order valence-electron chi connectivity index (χ2n) is 7.43. The zero-order chi connectivity index (χ0) is 18.5. The number of aromatic nitrogens is 7. The number of nitrogens with zero attached hydrogens (tertiary/aromatic N) is 8. The fourth-order valence-corrected chi connectivity index (χ4v) is 4.56. The first kappa shape index (κ1) is 16.4. The predicted molar refractivity (Wildman–Crippen MR) is 101 cm³/mol. The predicted octanol–water partition coefficient (Wildman–Crippen LogP) is 3.07. The maximum absolute atomic E-state index is 5.02. The molecule has 1 fully saturated rings.